The number of nitrogens with zero attached hydrogens (tertiary/aromatic N) is 1. The molecular weight excluding hydrogens is 248 g/mol. The fourth-order valence-electron chi connectivity index (χ4n) is 6.57. The Labute approximate surface area is 122 Å². The fraction of sp³-hybridized carbons (Fsp3) is 1.00. The highest BCUT2D eigenvalue weighted by Crippen LogP contribution is 2.57. The molecule has 6 fully saturated rings. The minimum absolute atomic E-state index is 0.278. The molecule has 112 valence electrons. The van der Waals surface area contributed by atoms with E-state index in [-0.39, 0.29) is 5.60 Å². The lowest BCUT2D eigenvalue weighted by molar-refractivity contribution is -0.158. The first kappa shape index (κ1) is 12.4. The van der Waals surface area contributed by atoms with Crippen LogP contribution in [0.15, 0.2) is 0 Å². The zero-order chi connectivity index (χ0) is 13.5. The normalized spacial score (nSPS) is 58.5. The summed E-state index contributed by atoms with van der Waals surface area (Å²) in [6.45, 7) is 4.78. The third-order valence-electron chi connectivity index (χ3n) is 7.31. The number of nitrogens with one attached hydrogen (secondary N) is 1. The number of hydrogen-bond donors (Lipinski definition) is 2. The minimum Gasteiger partial charge on any atom is -0.390 e. The van der Waals surface area contributed by atoms with Crippen LogP contribution < -0.4 is 5.32 Å². The lowest BCUT2D eigenvalue weighted by Crippen LogP contribution is -2.61. The van der Waals surface area contributed by atoms with Gasteiger partial charge in [0.25, 0.3) is 0 Å². The third kappa shape index (κ3) is 1.69. The summed E-state index contributed by atoms with van der Waals surface area (Å²) < 4.78 is 0. The Bertz CT molecular complexity index is 419. The van der Waals surface area contributed by atoms with E-state index in [1.54, 1.807) is 0 Å². The predicted molar refractivity (Wildman–Crippen MR) is 78.1 cm³/mol. The first-order valence-corrected chi connectivity index (χ1v) is 8.76. The summed E-state index contributed by atoms with van der Waals surface area (Å²) in [6.07, 6.45) is 8.90. The zero-order valence-corrected chi connectivity index (χ0v) is 12.6. The molecule has 5 saturated carbocycles. The van der Waals surface area contributed by atoms with Crippen LogP contribution in [0, 0.1) is 23.7 Å². The van der Waals surface area contributed by atoms with Gasteiger partial charge >= 0.3 is 0 Å². The van der Waals surface area contributed by atoms with E-state index in [9.17, 15) is 5.11 Å². The van der Waals surface area contributed by atoms with Crippen molar-refractivity contribution in [2.45, 2.75) is 69.1 Å². The predicted octanol–water partition coefficient (Wildman–Crippen LogP) is 1.96. The van der Waals surface area contributed by atoms with Crippen LogP contribution >= 0.6 is 0 Å². The molecule has 0 spiro atoms. The lowest BCUT2D eigenvalue weighted by Gasteiger charge is -2.60. The van der Waals surface area contributed by atoms with Crippen LogP contribution in [0.4, 0.5) is 0 Å². The van der Waals surface area contributed by atoms with E-state index < -0.39 is 0 Å². The maximum Gasteiger partial charge on any atom is 0.0657 e. The van der Waals surface area contributed by atoms with E-state index in [1.807, 2.05) is 0 Å². The summed E-state index contributed by atoms with van der Waals surface area (Å²) in [6, 6.07) is 0.764. The molecular formula is C17H28N2O. The van der Waals surface area contributed by atoms with E-state index in [0.29, 0.717) is 5.54 Å². The Balaban J connectivity index is 1.37. The molecule has 0 radical (unpaired) electrons. The summed E-state index contributed by atoms with van der Waals surface area (Å²) in [4.78, 5) is 2.76. The molecule has 1 aliphatic heterocycles. The maximum atomic E-state index is 10.7. The molecule has 0 aromatic rings. The Kier molecular flexibility index (Phi) is 2.36. The summed E-state index contributed by atoms with van der Waals surface area (Å²) >= 11 is 0. The van der Waals surface area contributed by atoms with Gasteiger partial charge in [-0.05, 0) is 75.5 Å². The van der Waals surface area contributed by atoms with E-state index in [1.165, 1.54) is 32.2 Å². The van der Waals surface area contributed by atoms with Gasteiger partial charge in [-0.2, -0.15) is 0 Å². The van der Waals surface area contributed by atoms with Crippen LogP contribution in [-0.4, -0.2) is 40.4 Å². The van der Waals surface area contributed by atoms with Crippen molar-refractivity contribution < 1.29 is 5.11 Å². The second kappa shape index (κ2) is 3.80. The monoisotopic (exact) mass is 276 g/mol. The van der Waals surface area contributed by atoms with E-state index >= 15 is 0 Å². The van der Waals surface area contributed by atoms with E-state index in [2.05, 4.69) is 17.1 Å². The van der Waals surface area contributed by atoms with Gasteiger partial charge in [0.05, 0.1) is 5.60 Å². The molecule has 20 heavy (non-hydrogen) atoms. The van der Waals surface area contributed by atoms with Gasteiger partial charge in [-0.15, -0.1) is 0 Å². The third-order valence-corrected chi connectivity index (χ3v) is 7.31. The van der Waals surface area contributed by atoms with Crippen LogP contribution in [0.1, 0.15) is 51.9 Å². The van der Waals surface area contributed by atoms with Gasteiger partial charge in [0.15, 0.2) is 0 Å². The number of hydrogen-bond acceptors (Lipinski definition) is 3. The van der Waals surface area contributed by atoms with Crippen molar-refractivity contribution in [2.24, 2.45) is 23.7 Å². The van der Waals surface area contributed by atoms with Crippen molar-refractivity contribution in [2.75, 3.05) is 13.2 Å². The van der Waals surface area contributed by atoms with Gasteiger partial charge in [-0.1, -0.05) is 0 Å². The maximum absolute atomic E-state index is 10.7. The Morgan fingerprint density at radius 1 is 1.10 bits per heavy atom. The van der Waals surface area contributed by atoms with Gasteiger partial charge in [0, 0.05) is 24.8 Å². The highest BCUT2D eigenvalue weighted by Gasteiger charge is 2.58. The highest BCUT2D eigenvalue weighted by atomic mass is 16.3. The average Bonchev–Trinajstić information content (AvgIpc) is 3.13. The van der Waals surface area contributed by atoms with Crippen LogP contribution in [0.3, 0.4) is 0 Å². The standard InChI is InChI=1S/C17H28N2O/c1-16(14-2-3-14)9-19(10-18-16)15-12-4-11-5-13(15)8-17(20,6-11)7-12/h11-15,18,20H,2-10H2,1H3. The summed E-state index contributed by atoms with van der Waals surface area (Å²) in [5, 5.41) is 14.6. The molecule has 6 rings (SSSR count). The number of rotatable bonds is 2. The fourth-order valence-corrected chi connectivity index (χ4v) is 6.57. The quantitative estimate of drug-likeness (QED) is 0.809. The Hall–Kier alpha value is -0.120. The number of aliphatic hydroxyl groups is 1. The molecule has 1 heterocycles. The molecule has 3 unspecified atom stereocenters. The summed E-state index contributed by atoms with van der Waals surface area (Å²) in [5.74, 6) is 3.30. The van der Waals surface area contributed by atoms with Gasteiger partial charge in [-0.3, -0.25) is 10.2 Å². The van der Waals surface area contributed by atoms with Crippen molar-refractivity contribution >= 4 is 0 Å². The molecule has 0 amide bonds. The van der Waals surface area contributed by atoms with Crippen molar-refractivity contribution in [1.82, 2.24) is 10.2 Å². The Morgan fingerprint density at radius 3 is 2.40 bits per heavy atom. The first-order valence-electron chi connectivity index (χ1n) is 8.76. The van der Waals surface area contributed by atoms with E-state index in [0.717, 1.165) is 55.6 Å². The molecule has 0 aromatic heterocycles. The molecule has 6 aliphatic rings. The van der Waals surface area contributed by atoms with Crippen LogP contribution in [0.25, 0.3) is 0 Å². The van der Waals surface area contributed by atoms with Gasteiger partial charge < -0.3 is 5.11 Å². The summed E-state index contributed by atoms with van der Waals surface area (Å²) in [5.41, 5.74) is 0.103. The molecule has 2 N–H and O–H groups in total. The lowest BCUT2D eigenvalue weighted by atomic mass is 9.52. The Morgan fingerprint density at radius 2 is 1.80 bits per heavy atom. The van der Waals surface area contributed by atoms with Crippen molar-refractivity contribution in [3.63, 3.8) is 0 Å². The van der Waals surface area contributed by atoms with Crippen LogP contribution in [0.5, 0.6) is 0 Å². The molecule has 3 heteroatoms. The van der Waals surface area contributed by atoms with Crippen LogP contribution in [0.2, 0.25) is 0 Å². The van der Waals surface area contributed by atoms with Gasteiger partial charge in [-0.25, -0.2) is 0 Å². The molecule has 1 saturated heterocycles. The minimum atomic E-state index is -0.278. The van der Waals surface area contributed by atoms with Gasteiger partial charge in [0.2, 0.25) is 0 Å². The van der Waals surface area contributed by atoms with E-state index in [4.69, 9.17) is 0 Å². The molecule has 3 atom stereocenters. The van der Waals surface area contributed by atoms with Crippen molar-refractivity contribution in [3.8, 4) is 0 Å². The average molecular weight is 276 g/mol. The first-order chi connectivity index (χ1) is 9.55. The molecule has 5 aliphatic carbocycles. The smallest absolute Gasteiger partial charge is 0.0657 e. The highest BCUT2D eigenvalue weighted by molar-refractivity contribution is 5.11. The second-order valence-corrected chi connectivity index (χ2v) is 8.96. The zero-order valence-electron chi connectivity index (χ0n) is 12.6. The van der Waals surface area contributed by atoms with Crippen molar-refractivity contribution in [3.05, 3.63) is 0 Å². The van der Waals surface area contributed by atoms with Gasteiger partial charge in [0.1, 0.15) is 0 Å². The molecule has 3 nitrogen and oxygen atoms in total. The largest absolute Gasteiger partial charge is 0.390 e. The second-order valence-electron chi connectivity index (χ2n) is 8.96. The van der Waals surface area contributed by atoms with Crippen LogP contribution in [-0.2, 0) is 0 Å². The SMILES string of the molecule is CC1(C2CC2)CN(C2C3CC4CC2CC(O)(C4)C3)CN1. The van der Waals surface area contributed by atoms with Crippen molar-refractivity contribution in [1.29, 1.82) is 0 Å². The summed E-state index contributed by atoms with van der Waals surface area (Å²) in [7, 11) is 0. The topological polar surface area (TPSA) is 35.5 Å². The molecule has 0 aromatic carbocycles. The molecule has 4 bridgehead atoms.